The number of benzene rings is 3. The Hall–Kier alpha value is -4.28. The van der Waals surface area contributed by atoms with Crippen LogP contribution in [0, 0.1) is 19.3 Å². The SMILES string of the molecule is COC(=O)c1ccc(-c2cc(C3=C(CN4C(=O)O[C@H](c5cc(C)cc(C(F)(F)F)c5)[C@@H]4C)CC(C)(C)CC3)cc(C(F)(F)F)c2)c(C)c1. The first kappa shape index (κ1) is 35.0. The van der Waals surface area contributed by atoms with Gasteiger partial charge >= 0.3 is 24.4 Å². The molecule has 2 aliphatic rings. The standard InChI is InChI=1S/C37H37F6NO4/c1-20-11-26(17-28(12-20)36(38,39)40)32-22(3)44(34(46)48-32)19-27-18-35(4,5)10-9-31(27)25-14-24(15-29(16-25)37(41,42)43)30-8-7-23(13-21(30)2)33(45)47-6/h7-8,11-17,22,32H,9-10,18-19H2,1-6H3/t22-,32-/m0/s1. The molecule has 5 nitrogen and oxygen atoms in total. The fraction of sp³-hybridized carbons (Fsp3) is 0.405. The molecule has 0 unspecified atom stereocenters. The largest absolute Gasteiger partial charge is 0.465 e. The van der Waals surface area contributed by atoms with Gasteiger partial charge in [-0.3, -0.25) is 4.90 Å². The lowest BCUT2D eigenvalue weighted by atomic mass is 9.72. The van der Waals surface area contributed by atoms with Crippen molar-refractivity contribution in [2.45, 2.75) is 78.4 Å². The molecule has 11 heteroatoms. The Bertz CT molecular complexity index is 1790. The number of nitrogens with zero attached hydrogens (tertiary/aromatic N) is 1. The van der Waals surface area contributed by atoms with Crippen molar-refractivity contribution in [2.24, 2.45) is 5.41 Å². The molecule has 0 bridgehead atoms. The van der Waals surface area contributed by atoms with Crippen molar-refractivity contribution in [3.05, 3.63) is 99.1 Å². The molecule has 3 aromatic rings. The molecular formula is C37H37F6NO4. The van der Waals surface area contributed by atoms with Crippen molar-refractivity contribution in [1.82, 2.24) is 4.90 Å². The highest BCUT2D eigenvalue weighted by Crippen LogP contribution is 2.46. The lowest BCUT2D eigenvalue weighted by Gasteiger charge is -2.35. The number of halogens is 6. The maximum Gasteiger partial charge on any atom is 0.416 e. The van der Waals surface area contributed by atoms with Gasteiger partial charge in [-0.05, 0) is 127 Å². The summed E-state index contributed by atoms with van der Waals surface area (Å²) in [6.45, 7) is 9.09. The summed E-state index contributed by atoms with van der Waals surface area (Å²) in [5, 5.41) is 0. The van der Waals surface area contributed by atoms with Gasteiger partial charge in [-0.2, -0.15) is 26.3 Å². The van der Waals surface area contributed by atoms with E-state index in [0.29, 0.717) is 52.7 Å². The molecule has 256 valence electrons. The van der Waals surface area contributed by atoms with Crippen LogP contribution in [0.25, 0.3) is 16.7 Å². The van der Waals surface area contributed by atoms with Gasteiger partial charge in [-0.1, -0.05) is 31.5 Å². The number of allylic oxidation sites excluding steroid dienone is 1. The summed E-state index contributed by atoms with van der Waals surface area (Å²) in [5.74, 6) is -0.561. The molecule has 1 saturated heterocycles. The molecule has 1 amide bonds. The van der Waals surface area contributed by atoms with Crippen LogP contribution in [0.15, 0.2) is 60.2 Å². The first-order valence-electron chi connectivity index (χ1n) is 15.6. The average molecular weight is 674 g/mol. The first-order chi connectivity index (χ1) is 22.3. The van der Waals surface area contributed by atoms with Gasteiger partial charge in [0.05, 0.1) is 29.8 Å². The molecule has 3 aromatic carbocycles. The molecule has 1 fully saturated rings. The van der Waals surface area contributed by atoms with Crippen molar-refractivity contribution in [2.75, 3.05) is 13.7 Å². The number of rotatable bonds is 6. The molecule has 1 aliphatic carbocycles. The lowest BCUT2D eigenvalue weighted by molar-refractivity contribution is -0.138. The molecule has 5 rings (SSSR count). The number of carbonyl (C=O) groups excluding carboxylic acids is 2. The van der Waals surface area contributed by atoms with Gasteiger partial charge < -0.3 is 9.47 Å². The van der Waals surface area contributed by atoms with Crippen molar-refractivity contribution in [3.8, 4) is 11.1 Å². The van der Waals surface area contributed by atoms with Crippen LogP contribution >= 0.6 is 0 Å². The zero-order chi connectivity index (χ0) is 35.3. The smallest absolute Gasteiger partial charge is 0.416 e. The molecule has 1 heterocycles. The van der Waals surface area contributed by atoms with E-state index in [9.17, 15) is 35.9 Å². The van der Waals surface area contributed by atoms with Crippen LogP contribution in [0.4, 0.5) is 31.1 Å². The summed E-state index contributed by atoms with van der Waals surface area (Å²) < 4.78 is 94.1. The third kappa shape index (κ3) is 7.24. The van der Waals surface area contributed by atoms with Crippen LogP contribution in [0.5, 0.6) is 0 Å². The monoisotopic (exact) mass is 673 g/mol. The number of aryl methyl sites for hydroxylation is 2. The van der Waals surface area contributed by atoms with Gasteiger partial charge in [0.1, 0.15) is 6.10 Å². The Balaban J connectivity index is 1.57. The Morgan fingerprint density at radius 1 is 0.938 bits per heavy atom. The minimum atomic E-state index is -4.65. The second-order valence-corrected chi connectivity index (χ2v) is 13.5. The molecule has 2 atom stereocenters. The van der Waals surface area contributed by atoms with E-state index < -0.39 is 47.7 Å². The van der Waals surface area contributed by atoms with E-state index in [1.165, 1.54) is 25.0 Å². The van der Waals surface area contributed by atoms with Crippen molar-refractivity contribution in [3.63, 3.8) is 0 Å². The number of carbonyl (C=O) groups is 2. The number of alkyl halides is 6. The van der Waals surface area contributed by atoms with Gasteiger partial charge in [0.2, 0.25) is 0 Å². The minimum Gasteiger partial charge on any atom is -0.465 e. The molecular weight excluding hydrogens is 636 g/mol. The van der Waals surface area contributed by atoms with Crippen LogP contribution in [0.1, 0.15) is 89.9 Å². The predicted molar refractivity (Wildman–Crippen MR) is 169 cm³/mol. The van der Waals surface area contributed by atoms with Gasteiger partial charge in [-0.25, -0.2) is 9.59 Å². The van der Waals surface area contributed by atoms with E-state index in [1.807, 2.05) is 13.8 Å². The second-order valence-electron chi connectivity index (χ2n) is 13.5. The average Bonchev–Trinajstić information content (AvgIpc) is 3.27. The number of hydrogen-bond acceptors (Lipinski definition) is 4. The number of methoxy groups -OCH3 is 1. The summed E-state index contributed by atoms with van der Waals surface area (Å²) in [4.78, 5) is 26.7. The van der Waals surface area contributed by atoms with Crippen LogP contribution in [-0.2, 0) is 21.8 Å². The Kier molecular flexibility index (Phi) is 9.22. The van der Waals surface area contributed by atoms with Gasteiger partial charge in [-0.15, -0.1) is 0 Å². The summed E-state index contributed by atoms with van der Waals surface area (Å²) in [6, 6.07) is 11.5. The molecule has 1 aliphatic heterocycles. The molecule has 0 spiro atoms. The van der Waals surface area contributed by atoms with Crippen LogP contribution in [-0.4, -0.2) is 36.7 Å². The van der Waals surface area contributed by atoms with E-state index in [2.05, 4.69) is 0 Å². The first-order valence-corrected chi connectivity index (χ1v) is 15.6. The molecule has 0 saturated carbocycles. The number of amides is 1. The highest BCUT2D eigenvalue weighted by Gasteiger charge is 2.42. The summed E-state index contributed by atoms with van der Waals surface area (Å²) in [7, 11) is 1.25. The normalized spacial score (nSPS) is 19.8. The van der Waals surface area contributed by atoms with Crippen LogP contribution in [0.2, 0.25) is 0 Å². The van der Waals surface area contributed by atoms with Crippen molar-refractivity contribution in [1.29, 1.82) is 0 Å². The topological polar surface area (TPSA) is 55.8 Å². The molecule has 0 radical (unpaired) electrons. The summed E-state index contributed by atoms with van der Waals surface area (Å²) in [5.41, 5.74) is 2.22. The highest BCUT2D eigenvalue weighted by atomic mass is 19.4. The number of esters is 1. The van der Waals surface area contributed by atoms with E-state index in [1.54, 1.807) is 38.1 Å². The maximum atomic E-state index is 14.3. The zero-order valence-corrected chi connectivity index (χ0v) is 27.5. The maximum absolute atomic E-state index is 14.3. The Morgan fingerprint density at radius 3 is 2.21 bits per heavy atom. The summed E-state index contributed by atoms with van der Waals surface area (Å²) >= 11 is 0. The zero-order valence-electron chi connectivity index (χ0n) is 27.5. The number of cyclic esters (lactones) is 1. The lowest BCUT2D eigenvalue weighted by Crippen LogP contribution is -2.35. The predicted octanol–water partition coefficient (Wildman–Crippen LogP) is 10.3. The second kappa shape index (κ2) is 12.6. The van der Waals surface area contributed by atoms with Crippen LogP contribution in [0.3, 0.4) is 0 Å². The fourth-order valence-electron chi connectivity index (χ4n) is 6.77. The third-order valence-electron chi connectivity index (χ3n) is 9.25. The molecule has 0 N–H and O–H groups in total. The Morgan fingerprint density at radius 2 is 1.58 bits per heavy atom. The van der Waals surface area contributed by atoms with E-state index in [0.717, 1.165) is 29.8 Å². The summed E-state index contributed by atoms with van der Waals surface area (Å²) in [6.07, 6.45) is -9.26. The number of ether oxygens (including phenoxy) is 2. The van der Waals surface area contributed by atoms with E-state index in [4.69, 9.17) is 9.47 Å². The van der Waals surface area contributed by atoms with Crippen molar-refractivity contribution >= 4 is 17.6 Å². The molecule has 48 heavy (non-hydrogen) atoms. The van der Waals surface area contributed by atoms with Crippen molar-refractivity contribution < 1.29 is 45.4 Å². The van der Waals surface area contributed by atoms with E-state index >= 15 is 0 Å². The van der Waals surface area contributed by atoms with Gasteiger partial charge in [0.25, 0.3) is 0 Å². The number of hydrogen-bond donors (Lipinski definition) is 0. The molecule has 0 aromatic heterocycles. The van der Waals surface area contributed by atoms with Crippen LogP contribution < -0.4 is 0 Å². The highest BCUT2D eigenvalue weighted by molar-refractivity contribution is 5.90. The Labute approximate surface area is 275 Å². The minimum absolute atomic E-state index is 0.0473. The van der Waals surface area contributed by atoms with Gasteiger partial charge in [0, 0.05) is 6.54 Å². The fourth-order valence-corrected chi connectivity index (χ4v) is 6.77. The van der Waals surface area contributed by atoms with E-state index in [-0.39, 0.29) is 23.1 Å². The van der Waals surface area contributed by atoms with Gasteiger partial charge in [0.15, 0.2) is 0 Å². The quantitative estimate of drug-likeness (QED) is 0.193. The third-order valence-corrected chi connectivity index (χ3v) is 9.25.